The summed E-state index contributed by atoms with van der Waals surface area (Å²) in [6.45, 7) is 2.24. The van der Waals surface area contributed by atoms with Crippen LogP contribution in [-0.4, -0.2) is 4.89 Å². The molecule has 0 aliphatic rings. The second-order valence-corrected chi connectivity index (χ2v) is 10.1. The van der Waals surface area contributed by atoms with Gasteiger partial charge in [-0.2, -0.15) is 13.5 Å². The van der Waals surface area contributed by atoms with Crippen molar-refractivity contribution in [2.24, 2.45) is 0 Å². The molecule has 1 aromatic rings. The molecule has 0 fully saturated rings. The maximum Gasteiger partial charge on any atom is 0.291 e. The quantitative estimate of drug-likeness (QED) is 0.320. The Bertz CT molecular complexity index is 435. The van der Waals surface area contributed by atoms with Crippen molar-refractivity contribution in [3.8, 4) is 5.75 Å². The molecule has 0 aliphatic carbocycles. The Morgan fingerprint density at radius 1 is 1.10 bits per heavy atom. The van der Waals surface area contributed by atoms with Crippen molar-refractivity contribution in [2.45, 2.75) is 58.3 Å². The number of unbranched alkanes of at least 4 members (excludes halogenated alkanes) is 6. The fourth-order valence-corrected chi connectivity index (χ4v) is 3.14. The van der Waals surface area contributed by atoms with E-state index in [-0.39, 0.29) is 13.5 Å². The van der Waals surface area contributed by atoms with Crippen molar-refractivity contribution in [1.82, 2.24) is 0 Å². The average molecular weight is 367 g/mol. The van der Waals surface area contributed by atoms with Crippen LogP contribution in [-0.2, 0) is 18.2 Å². The van der Waals surface area contributed by atoms with Gasteiger partial charge in [0.25, 0.3) is 5.69 Å². The van der Waals surface area contributed by atoms with Crippen LogP contribution in [0.25, 0.3) is 0 Å². The minimum atomic E-state index is -2.94. The summed E-state index contributed by atoms with van der Waals surface area (Å²) >= 11 is 8.76. The Kier molecular flexibility index (Phi) is 12.0. The van der Waals surface area contributed by atoms with E-state index in [4.69, 9.17) is 16.3 Å². The molecule has 6 heteroatoms. The Labute approximate surface area is 146 Å². The molecule has 0 saturated carbocycles. The topological polar surface area (TPSA) is 29.5 Å². The lowest BCUT2D eigenvalue weighted by Crippen LogP contribution is -1.93. The molecule has 0 heterocycles. The number of hydrogen-bond acceptors (Lipinski definition) is 2. The minimum absolute atomic E-state index is 0. The van der Waals surface area contributed by atoms with Gasteiger partial charge >= 0.3 is 0 Å². The predicted molar refractivity (Wildman–Crippen MR) is 105 cm³/mol. The van der Waals surface area contributed by atoms with Gasteiger partial charge in [-0.15, -0.1) is 0 Å². The van der Waals surface area contributed by atoms with Crippen LogP contribution in [0, 0.1) is 0 Å². The van der Waals surface area contributed by atoms with Crippen molar-refractivity contribution < 1.29 is 9.42 Å². The third-order valence-electron chi connectivity index (χ3n) is 3.24. The largest absolute Gasteiger partial charge is 0.436 e. The lowest BCUT2D eigenvalue weighted by atomic mass is 10.0. The number of para-hydroxylation sites is 1. The van der Waals surface area contributed by atoms with E-state index < -0.39 is 5.69 Å². The van der Waals surface area contributed by atoms with Crippen LogP contribution in [0.3, 0.4) is 0 Å². The van der Waals surface area contributed by atoms with Gasteiger partial charge in [0, 0.05) is 0 Å². The highest BCUT2D eigenvalue weighted by atomic mass is 32.9. The number of aryl methyl sites for hydroxylation is 1. The Balaban J connectivity index is 0.00000400. The van der Waals surface area contributed by atoms with Crippen molar-refractivity contribution in [3.63, 3.8) is 0 Å². The fourth-order valence-electron chi connectivity index (χ4n) is 2.20. The van der Waals surface area contributed by atoms with E-state index in [0.717, 1.165) is 18.4 Å². The van der Waals surface area contributed by atoms with Crippen molar-refractivity contribution >= 4 is 43.2 Å². The summed E-state index contributed by atoms with van der Waals surface area (Å²) in [6, 6.07) is 7.76. The monoisotopic (exact) mass is 366 g/mol. The van der Waals surface area contributed by atoms with E-state index >= 15 is 0 Å². The molecule has 1 N–H and O–H groups in total. The van der Waals surface area contributed by atoms with E-state index in [9.17, 15) is 4.89 Å². The second kappa shape index (κ2) is 11.8. The van der Waals surface area contributed by atoms with Crippen molar-refractivity contribution in [2.75, 3.05) is 0 Å². The lowest BCUT2D eigenvalue weighted by molar-refractivity contribution is 0.499. The molecule has 0 bridgehead atoms. The van der Waals surface area contributed by atoms with Gasteiger partial charge in [0.2, 0.25) is 0 Å². The molecule has 0 spiro atoms. The van der Waals surface area contributed by atoms with Gasteiger partial charge in [-0.3, -0.25) is 0 Å². The predicted octanol–water partition coefficient (Wildman–Crippen LogP) is 5.62. The van der Waals surface area contributed by atoms with E-state index in [2.05, 4.69) is 19.2 Å². The molecule has 0 radical (unpaired) electrons. The lowest BCUT2D eigenvalue weighted by Gasteiger charge is -2.14. The third-order valence-corrected chi connectivity index (χ3v) is 4.14. The van der Waals surface area contributed by atoms with Gasteiger partial charge in [0.05, 0.1) is 0 Å². The number of benzene rings is 1. The van der Waals surface area contributed by atoms with E-state index in [1.54, 1.807) is 0 Å². The minimum Gasteiger partial charge on any atom is -0.436 e. The van der Waals surface area contributed by atoms with Crippen LogP contribution in [0.5, 0.6) is 5.75 Å². The van der Waals surface area contributed by atoms with Crippen LogP contribution < -0.4 is 4.52 Å². The van der Waals surface area contributed by atoms with Gasteiger partial charge < -0.3 is 9.42 Å². The highest BCUT2D eigenvalue weighted by Gasteiger charge is 2.11. The van der Waals surface area contributed by atoms with Crippen molar-refractivity contribution in [3.05, 3.63) is 29.8 Å². The highest BCUT2D eigenvalue weighted by molar-refractivity contribution is 8.59. The molecule has 0 aliphatic heterocycles. The molecular formula is C15H27O2PS3. The number of rotatable bonds is 10. The van der Waals surface area contributed by atoms with Crippen LogP contribution in [0.1, 0.15) is 57.4 Å². The molecule has 0 aromatic heterocycles. The Hall–Kier alpha value is 0.330. The summed E-state index contributed by atoms with van der Waals surface area (Å²) in [4.78, 5) is 9.56. The summed E-state index contributed by atoms with van der Waals surface area (Å²) in [5.74, 6) is 0.680. The summed E-state index contributed by atoms with van der Waals surface area (Å²) in [5, 5.41) is 0. The first-order valence-corrected chi connectivity index (χ1v) is 11.2. The first-order valence-electron chi connectivity index (χ1n) is 7.36. The smallest absolute Gasteiger partial charge is 0.291 e. The Morgan fingerprint density at radius 3 is 2.29 bits per heavy atom. The molecule has 2 nitrogen and oxygen atoms in total. The maximum atomic E-state index is 9.56. The zero-order chi connectivity index (χ0) is 14.8. The SMILES string of the molecule is CCCCCCCCCc1ccccc1OP(O)(=S)S.S. The van der Waals surface area contributed by atoms with E-state index in [1.807, 2.05) is 24.3 Å². The molecule has 122 valence electrons. The molecule has 0 amide bonds. The third kappa shape index (κ3) is 10.6. The van der Waals surface area contributed by atoms with Crippen molar-refractivity contribution in [1.29, 1.82) is 0 Å². The number of thiol groups is 1. The zero-order valence-corrected chi connectivity index (χ0v) is 16.2. The van der Waals surface area contributed by atoms with Gasteiger partial charge in [-0.25, -0.2) is 0 Å². The molecule has 1 rings (SSSR count). The van der Waals surface area contributed by atoms with Crippen LogP contribution in [0.2, 0.25) is 0 Å². The van der Waals surface area contributed by atoms with Gasteiger partial charge in [-0.05, 0) is 36.3 Å². The molecular weight excluding hydrogens is 339 g/mol. The van der Waals surface area contributed by atoms with Gasteiger partial charge in [-0.1, -0.05) is 75.9 Å². The van der Waals surface area contributed by atoms with Crippen LogP contribution >= 0.6 is 31.4 Å². The fraction of sp³-hybridized carbons (Fsp3) is 0.600. The van der Waals surface area contributed by atoms with E-state index in [1.165, 1.54) is 38.5 Å². The molecule has 1 aromatic carbocycles. The van der Waals surface area contributed by atoms with Crippen LogP contribution in [0.15, 0.2) is 24.3 Å². The summed E-state index contributed by atoms with van der Waals surface area (Å²) in [5.41, 5.74) is -1.83. The average Bonchev–Trinajstić information content (AvgIpc) is 2.38. The van der Waals surface area contributed by atoms with Crippen LogP contribution in [0.4, 0.5) is 0 Å². The maximum absolute atomic E-state index is 9.56. The van der Waals surface area contributed by atoms with Gasteiger partial charge in [0.1, 0.15) is 5.75 Å². The second-order valence-electron chi connectivity index (χ2n) is 5.06. The highest BCUT2D eigenvalue weighted by Crippen LogP contribution is 2.48. The first-order chi connectivity index (χ1) is 9.53. The summed E-state index contributed by atoms with van der Waals surface area (Å²) < 4.78 is 5.39. The normalized spacial score (nSPS) is 13.3. The number of hydrogen-bond donors (Lipinski definition) is 2. The molecule has 0 saturated heterocycles. The molecule has 1 unspecified atom stereocenters. The molecule has 21 heavy (non-hydrogen) atoms. The first kappa shape index (κ1) is 21.3. The molecule has 1 atom stereocenters. The standard InChI is InChI=1S/C15H25O2PS2.H2S/c1-2-3-4-5-6-7-8-11-14-12-9-10-13-15(14)17-18(16,19)20;/h9-10,12-13H,2-8,11H2,1H3,(H2,16,19,20);1H2. The zero-order valence-electron chi connectivity index (χ0n) is 12.6. The summed E-state index contributed by atoms with van der Waals surface area (Å²) in [7, 11) is 0. The Morgan fingerprint density at radius 2 is 1.67 bits per heavy atom. The summed E-state index contributed by atoms with van der Waals surface area (Å²) in [6.07, 6.45) is 9.98. The van der Waals surface area contributed by atoms with E-state index in [0.29, 0.717) is 5.75 Å². The van der Waals surface area contributed by atoms with Gasteiger partial charge in [0.15, 0.2) is 0 Å².